The number of pyridine rings is 1. The number of carboxylic acids is 1. The standard InChI is InChI=1S/C9H8N4O2/c1-6-2-7(13-4-10-11-5-13)3-8(12-6)9(14)15/h2-5H,1H3,(H,14,15). The van der Waals surface area contributed by atoms with Crippen molar-refractivity contribution in [3.05, 3.63) is 36.2 Å². The zero-order chi connectivity index (χ0) is 10.8. The molecule has 76 valence electrons. The molecule has 6 nitrogen and oxygen atoms in total. The lowest BCUT2D eigenvalue weighted by Gasteiger charge is -2.03. The molecule has 2 aromatic rings. The van der Waals surface area contributed by atoms with E-state index < -0.39 is 5.97 Å². The third-order valence-electron chi connectivity index (χ3n) is 1.87. The summed E-state index contributed by atoms with van der Waals surface area (Å²) in [4.78, 5) is 14.7. The van der Waals surface area contributed by atoms with Crippen molar-refractivity contribution in [1.29, 1.82) is 0 Å². The average molecular weight is 204 g/mol. The lowest BCUT2D eigenvalue weighted by molar-refractivity contribution is 0.0690. The van der Waals surface area contributed by atoms with E-state index >= 15 is 0 Å². The van der Waals surface area contributed by atoms with Crippen molar-refractivity contribution in [2.24, 2.45) is 0 Å². The minimum absolute atomic E-state index is 0.0127. The summed E-state index contributed by atoms with van der Waals surface area (Å²) in [7, 11) is 0. The first-order valence-electron chi connectivity index (χ1n) is 4.24. The van der Waals surface area contributed by atoms with Crippen molar-refractivity contribution in [3.8, 4) is 5.69 Å². The number of aromatic nitrogens is 4. The van der Waals surface area contributed by atoms with E-state index in [1.807, 2.05) is 0 Å². The quantitative estimate of drug-likeness (QED) is 0.777. The van der Waals surface area contributed by atoms with E-state index in [2.05, 4.69) is 15.2 Å². The number of carbonyl (C=O) groups is 1. The van der Waals surface area contributed by atoms with Crippen LogP contribution >= 0.6 is 0 Å². The first kappa shape index (κ1) is 9.32. The van der Waals surface area contributed by atoms with E-state index in [1.54, 1.807) is 17.6 Å². The van der Waals surface area contributed by atoms with Crippen LogP contribution in [-0.4, -0.2) is 30.8 Å². The second-order valence-corrected chi connectivity index (χ2v) is 3.03. The summed E-state index contributed by atoms with van der Waals surface area (Å²) in [6.45, 7) is 1.74. The number of carboxylic acid groups (broad SMARTS) is 1. The van der Waals surface area contributed by atoms with Gasteiger partial charge in [-0.25, -0.2) is 9.78 Å². The van der Waals surface area contributed by atoms with Gasteiger partial charge >= 0.3 is 5.97 Å². The Morgan fingerprint density at radius 1 is 1.33 bits per heavy atom. The molecule has 0 radical (unpaired) electrons. The molecule has 0 saturated heterocycles. The van der Waals surface area contributed by atoms with Crippen molar-refractivity contribution in [2.75, 3.05) is 0 Å². The molecule has 0 amide bonds. The maximum absolute atomic E-state index is 10.8. The predicted molar refractivity (Wildman–Crippen MR) is 50.9 cm³/mol. The molecule has 0 unspecified atom stereocenters. The highest BCUT2D eigenvalue weighted by atomic mass is 16.4. The van der Waals surface area contributed by atoms with E-state index in [0.717, 1.165) is 0 Å². The van der Waals surface area contributed by atoms with Gasteiger partial charge in [0.1, 0.15) is 12.7 Å². The summed E-state index contributed by atoms with van der Waals surface area (Å²) in [6.07, 6.45) is 3.00. The van der Waals surface area contributed by atoms with Crippen LogP contribution in [0.5, 0.6) is 0 Å². The first-order valence-corrected chi connectivity index (χ1v) is 4.24. The van der Waals surface area contributed by atoms with Gasteiger partial charge in [0.25, 0.3) is 0 Å². The van der Waals surface area contributed by atoms with Gasteiger partial charge in [0, 0.05) is 5.69 Å². The van der Waals surface area contributed by atoms with Gasteiger partial charge in [-0.1, -0.05) is 0 Å². The van der Waals surface area contributed by atoms with Crippen LogP contribution in [-0.2, 0) is 0 Å². The van der Waals surface area contributed by atoms with Crippen LogP contribution in [0.25, 0.3) is 5.69 Å². The molecule has 0 spiro atoms. The van der Waals surface area contributed by atoms with Crippen molar-refractivity contribution in [2.45, 2.75) is 6.92 Å². The summed E-state index contributed by atoms with van der Waals surface area (Å²) in [6, 6.07) is 3.23. The molecule has 0 bridgehead atoms. The van der Waals surface area contributed by atoms with Crippen LogP contribution in [0.15, 0.2) is 24.8 Å². The molecule has 0 atom stereocenters. The summed E-state index contributed by atoms with van der Waals surface area (Å²) in [5.74, 6) is -1.05. The molecule has 6 heteroatoms. The number of nitrogens with zero attached hydrogens (tertiary/aromatic N) is 4. The molecule has 2 heterocycles. The molecule has 0 aromatic carbocycles. The van der Waals surface area contributed by atoms with Gasteiger partial charge < -0.3 is 5.11 Å². The Labute approximate surface area is 85.2 Å². The highest BCUT2D eigenvalue weighted by Gasteiger charge is 2.07. The molecular formula is C9H8N4O2. The molecule has 0 aliphatic heterocycles. The molecule has 0 aliphatic carbocycles. The van der Waals surface area contributed by atoms with Crippen LogP contribution < -0.4 is 0 Å². The number of aromatic carboxylic acids is 1. The first-order chi connectivity index (χ1) is 7.16. The largest absolute Gasteiger partial charge is 0.477 e. The second-order valence-electron chi connectivity index (χ2n) is 3.03. The summed E-state index contributed by atoms with van der Waals surface area (Å²) in [5.41, 5.74) is 1.34. The van der Waals surface area contributed by atoms with Gasteiger partial charge in [-0.3, -0.25) is 4.57 Å². The normalized spacial score (nSPS) is 10.2. The second kappa shape index (κ2) is 3.49. The fraction of sp³-hybridized carbons (Fsp3) is 0.111. The Balaban J connectivity index is 2.54. The lowest BCUT2D eigenvalue weighted by Crippen LogP contribution is -2.04. The molecule has 2 aromatic heterocycles. The molecule has 0 saturated carbocycles. The van der Waals surface area contributed by atoms with Gasteiger partial charge in [-0.2, -0.15) is 0 Å². The molecule has 1 N–H and O–H groups in total. The Bertz CT molecular complexity index is 493. The minimum atomic E-state index is -1.05. The maximum Gasteiger partial charge on any atom is 0.354 e. The lowest BCUT2D eigenvalue weighted by atomic mass is 10.2. The molecular weight excluding hydrogens is 196 g/mol. The zero-order valence-corrected chi connectivity index (χ0v) is 7.95. The molecule has 0 aliphatic rings. The van der Waals surface area contributed by atoms with E-state index in [4.69, 9.17) is 5.11 Å². The predicted octanol–water partition coefficient (Wildman–Crippen LogP) is 0.669. The fourth-order valence-corrected chi connectivity index (χ4v) is 1.24. The minimum Gasteiger partial charge on any atom is -0.477 e. The van der Waals surface area contributed by atoms with Crippen LogP contribution in [0, 0.1) is 6.92 Å². The van der Waals surface area contributed by atoms with Gasteiger partial charge in [-0.05, 0) is 19.1 Å². The van der Waals surface area contributed by atoms with Crippen molar-refractivity contribution in [3.63, 3.8) is 0 Å². The van der Waals surface area contributed by atoms with E-state index in [9.17, 15) is 4.79 Å². The zero-order valence-electron chi connectivity index (χ0n) is 7.95. The highest BCUT2D eigenvalue weighted by Crippen LogP contribution is 2.10. The smallest absolute Gasteiger partial charge is 0.354 e. The van der Waals surface area contributed by atoms with E-state index in [0.29, 0.717) is 11.4 Å². The fourth-order valence-electron chi connectivity index (χ4n) is 1.24. The third-order valence-corrected chi connectivity index (χ3v) is 1.87. The van der Waals surface area contributed by atoms with Gasteiger partial charge in [0.15, 0.2) is 5.69 Å². The molecule has 2 rings (SSSR count). The molecule has 0 fully saturated rings. The summed E-state index contributed by atoms with van der Waals surface area (Å²) in [5, 5.41) is 16.1. The van der Waals surface area contributed by atoms with Crippen LogP contribution in [0.3, 0.4) is 0 Å². The van der Waals surface area contributed by atoms with Crippen LogP contribution in [0.1, 0.15) is 16.2 Å². The van der Waals surface area contributed by atoms with E-state index in [1.165, 1.54) is 18.7 Å². The van der Waals surface area contributed by atoms with E-state index in [-0.39, 0.29) is 5.69 Å². The van der Waals surface area contributed by atoms with Crippen molar-refractivity contribution in [1.82, 2.24) is 19.7 Å². The van der Waals surface area contributed by atoms with Crippen LogP contribution in [0.4, 0.5) is 0 Å². The Morgan fingerprint density at radius 2 is 2.00 bits per heavy atom. The van der Waals surface area contributed by atoms with Gasteiger partial charge in [0.2, 0.25) is 0 Å². The molecule has 15 heavy (non-hydrogen) atoms. The average Bonchev–Trinajstić information content (AvgIpc) is 2.69. The monoisotopic (exact) mass is 204 g/mol. The van der Waals surface area contributed by atoms with Crippen molar-refractivity contribution < 1.29 is 9.90 Å². The number of hydrogen-bond donors (Lipinski definition) is 1. The Kier molecular flexibility index (Phi) is 2.17. The van der Waals surface area contributed by atoms with Crippen molar-refractivity contribution >= 4 is 5.97 Å². The Morgan fingerprint density at radius 3 is 2.60 bits per heavy atom. The third kappa shape index (κ3) is 1.83. The van der Waals surface area contributed by atoms with Gasteiger partial charge in [-0.15, -0.1) is 10.2 Å². The SMILES string of the molecule is Cc1cc(-n2cnnc2)cc(C(=O)O)n1. The number of aryl methyl sites for hydroxylation is 1. The maximum atomic E-state index is 10.8. The Hall–Kier alpha value is -2.24. The topological polar surface area (TPSA) is 80.9 Å². The van der Waals surface area contributed by atoms with Gasteiger partial charge in [0.05, 0.1) is 5.69 Å². The highest BCUT2D eigenvalue weighted by molar-refractivity contribution is 5.86. The number of hydrogen-bond acceptors (Lipinski definition) is 4. The van der Waals surface area contributed by atoms with Crippen LogP contribution in [0.2, 0.25) is 0 Å². The summed E-state index contributed by atoms with van der Waals surface area (Å²) < 4.78 is 1.63. The summed E-state index contributed by atoms with van der Waals surface area (Å²) >= 11 is 0. The number of rotatable bonds is 2.